The van der Waals surface area contributed by atoms with Crippen molar-refractivity contribution in [2.24, 2.45) is 5.18 Å². The number of nitrogens with zero attached hydrogens (tertiary/aromatic N) is 1. The van der Waals surface area contributed by atoms with Gasteiger partial charge in [-0.15, -0.1) is 0 Å². The first-order valence-electron chi connectivity index (χ1n) is 5.93. The van der Waals surface area contributed by atoms with E-state index in [0.29, 0.717) is 25.0 Å². The van der Waals surface area contributed by atoms with Crippen LogP contribution in [0.25, 0.3) is 0 Å². The van der Waals surface area contributed by atoms with Crippen LogP contribution in [0.3, 0.4) is 0 Å². The lowest BCUT2D eigenvalue weighted by molar-refractivity contribution is 0.307. The molecule has 0 bridgehead atoms. The molecule has 1 rings (SSSR count). The highest BCUT2D eigenvalue weighted by Crippen LogP contribution is 2.17. The molecular weight excluding hydrogens is 270 g/mol. The second-order valence-corrected chi connectivity index (χ2v) is 5.48. The summed E-state index contributed by atoms with van der Waals surface area (Å²) in [7, 11) is -2.21. The molecule has 0 saturated carbocycles. The van der Waals surface area contributed by atoms with Crippen LogP contribution in [0.1, 0.15) is 19.3 Å². The van der Waals surface area contributed by atoms with E-state index >= 15 is 0 Å². The Bertz CT molecular complexity index is 483. The van der Waals surface area contributed by atoms with Gasteiger partial charge >= 0.3 is 0 Å². The molecule has 19 heavy (non-hydrogen) atoms. The molecule has 106 valence electrons. The van der Waals surface area contributed by atoms with Crippen molar-refractivity contribution in [2.45, 2.75) is 24.2 Å². The van der Waals surface area contributed by atoms with Crippen LogP contribution in [0.15, 0.2) is 34.3 Å². The maximum Gasteiger partial charge on any atom is 0.296 e. The van der Waals surface area contributed by atoms with Gasteiger partial charge in [0.15, 0.2) is 0 Å². The summed E-state index contributed by atoms with van der Waals surface area (Å²) in [4.78, 5) is 9.95. The van der Waals surface area contributed by atoms with Crippen molar-refractivity contribution in [3.05, 3.63) is 29.2 Å². The van der Waals surface area contributed by atoms with Crippen molar-refractivity contribution in [3.8, 4) is 5.75 Å². The minimum atomic E-state index is -3.72. The summed E-state index contributed by atoms with van der Waals surface area (Å²) in [5.41, 5.74) is 0. The normalized spacial score (nSPS) is 11.2. The summed E-state index contributed by atoms with van der Waals surface area (Å²) < 4.78 is 33.4. The highest BCUT2D eigenvalue weighted by atomic mass is 32.2. The van der Waals surface area contributed by atoms with Crippen LogP contribution in [0.4, 0.5) is 0 Å². The zero-order chi connectivity index (χ0) is 14.1. The second kappa shape index (κ2) is 7.85. The van der Waals surface area contributed by atoms with Gasteiger partial charge in [-0.05, 0) is 43.5 Å². The number of ether oxygens (including phenoxy) is 1. The zero-order valence-corrected chi connectivity index (χ0v) is 11.6. The Balaban J connectivity index is 2.44. The summed E-state index contributed by atoms with van der Waals surface area (Å²) in [5, 5.41) is 2.73. The highest BCUT2D eigenvalue weighted by Gasteiger charge is 2.14. The summed E-state index contributed by atoms with van der Waals surface area (Å²) in [6.45, 7) is 0.360. The largest absolute Gasteiger partial charge is 0.497 e. The van der Waals surface area contributed by atoms with Gasteiger partial charge in [-0.3, -0.25) is 4.18 Å². The fraction of sp³-hybridized carbons (Fsp3) is 0.500. The standard InChI is InChI=1S/C12H17NO5S/c1-17-11-5-7-12(8-6-11)19(15,16)18-10-4-2-3-9-13-14/h5-8H,2-4,9-10H2,1H3. The van der Waals surface area contributed by atoms with Crippen LogP contribution in [0.2, 0.25) is 0 Å². The summed E-state index contributed by atoms with van der Waals surface area (Å²) in [6, 6.07) is 5.99. The number of hydrogen-bond donors (Lipinski definition) is 0. The van der Waals surface area contributed by atoms with E-state index in [1.165, 1.54) is 19.2 Å². The third kappa shape index (κ3) is 5.35. The molecule has 0 heterocycles. The maximum atomic E-state index is 11.8. The van der Waals surface area contributed by atoms with Crippen molar-refractivity contribution in [1.29, 1.82) is 0 Å². The molecule has 0 aliphatic rings. The molecule has 0 unspecified atom stereocenters. The van der Waals surface area contributed by atoms with Crippen molar-refractivity contribution >= 4 is 10.1 Å². The Morgan fingerprint density at radius 2 is 1.79 bits per heavy atom. The molecule has 0 aliphatic carbocycles. The molecule has 0 aromatic heterocycles. The number of rotatable bonds is 9. The van der Waals surface area contributed by atoms with Gasteiger partial charge in [-0.2, -0.15) is 13.3 Å². The first kappa shape index (κ1) is 15.6. The Morgan fingerprint density at radius 1 is 1.11 bits per heavy atom. The fourth-order valence-electron chi connectivity index (χ4n) is 1.43. The lowest BCUT2D eigenvalue weighted by atomic mass is 10.2. The van der Waals surface area contributed by atoms with Gasteiger partial charge in [0.25, 0.3) is 10.1 Å². The highest BCUT2D eigenvalue weighted by molar-refractivity contribution is 7.86. The lowest BCUT2D eigenvalue weighted by Crippen LogP contribution is -2.07. The third-order valence-corrected chi connectivity index (χ3v) is 3.81. The maximum absolute atomic E-state index is 11.8. The first-order valence-corrected chi connectivity index (χ1v) is 7.33. The predicted octanol–water partition coefficient (Wildman–Crippen LogP) is 2.34. The average Bonchev–Trinajstić information content (AvgIpc) is 2.43. The average molecular weight is 287 g/mol. The van der Waals surface area contributed by atoms with Crippen LogP contribution in [0, 0.1) is 4.91 Å². The SMILES string of the molecule is COc1ccc(S(=O)(=O)OCCCCCN=O)cc1. The lowest BCUT2D eigenvalue weighted by Gasteiger charge is -2.06. The topological polar surface area (TPSA) is 82.0 Å². The van der Waals surface area contributed by atoms with E-state index in [1.807, 2.05) is 0 Å². The monoisotopic (exact) mass is 287 g/mol. The smallest absolute Gasteiger partial charge is 0.296 e. The minimum Gasteiger partial charge on any atom is -0.497 e. The van der Waals surface area contributed by atoms with Crippen LogP contribution >= 0.6 is 0 Å². The predicted molar refractivity (Wildman–Crippen MR) is 70.6 cm³/mol. The summed E-state index contributed by atoms with van der Waals surface area (Å²) in [5.74, 6) is 0.584. The number of hydrogen-bond acceptors (Lipinski definition) is 6. The second-order valence-electron chi connectivity index (χ2n) is 3.86. The van der Waals surface area contributed by atoms with Crippen LogP contribution in [-0.4, -0.2) is 28.7 Å². The number of unbranched alkanes of at least 4 members (excludes halogenated alkanes) is 2. The molecule has 1 aromatic carbocycles. The molecular formula is C12H17NO5S. The third-order valence-electron chi connectivity index (χ3n) is 2.48. The Hall–Kier alpha value is -1.47. The van der Waals surface area contributed by atoms with E-state index in [4.69, 9.17) is 8.92 Å². The van der Waals surface area contributed by atoms with Gasteiger partial charge in [0.05, 0.1) is 25.2 Å². The molecule has 7 heteroatoms. The van der Waals surface area contributed by atoms with E-state index < -0.39 is 10.1 Å². The van der Waals surface area contributed by atoms with Gasteiger partial charge in [-0.1, -0.05) is 5.18 Å². The van der Waals surface area contributed by atoms with Gasteiger partial charge < -0.3 is 4.74 Å². The minimum absolute atomic E-state index is 0.0999. The van der Waals surface area contributed by atoms with E-state index in [9.17, 15) is 13.3 Å². The molecule has 0 atom stereocenters. The summed E-state index contributed by atoms with van der Waals surface area (Å²) >= 11 is 0. The van der Waals surface area contributed by atoms with E-state index in [1.54, 1.807) is 12.1 Å². The van der Waals surface area contributed by atoms with E-state index in [0.717, 1.165) is 0 Å². The van der Waals surface area contributed by atoms with E-state index in [2.05, 4.69) is 5.18 Å². The Labute approximate surface area is 112 Å². The molecule has 0 spiro atoms. The van der Waals surface area contributed by atoms with Crippen molar-refractivity contribution < 1.29 is 17.3 Å². The van der Waals surface area contributed by atoms with Crippen LogP contribution < -0.4 is 4.74 Å². The van der Waals surface area contributed by atoms with Crippen LogP contribution in [0.5, 0.6) is 5.75 Å². The van der Waals surface area contributed by atoms with Crippen molar-refractivity contribution in [2.75, 3.05) is 20.3 Å². The zero-order valence-electron chi connectivity index (χ0n) is 10.7. The van der Waals surface area contributed by atoms with Gasteiger partial charge in [-0.25, -0.2) is 0 Å². The Morgan fingerprint density at radius 3 is 2.37 bits per heavy atom. The van der Waals surface area contributed by atoms with E-state index in [-0.39, 0.29) is 18.0 Å². The molecule has 0 N–H and O–H groups in total. The van der Waals surface area contributed by atoms with Gasteiger partial charge in [0.1, 0.15) is 5.75 Å². The summed E-state index contributed by atoms with van der Waals surface area (Å²) in [6.07, 6.45) is 1.93. The first-order chi connectivity index (χ1) is 9.10. The van der Waals surface area contributed by atoms with Crippen molar-refractivity contribution in [3.63, 3.8) is 0 Å². The number of nitroso groups, excluding NO2 is 1. The molecule has 6 nitrogen and oxygen atoms in total. The molecule has 1 aromatic rings. The number of methoxy groups -OCH3 is 1. The Kier molecular flexibility index (Phi) is 6.44. The quantitative estimate of drug-likeness (QED) is 0.395. The fourth-order valence-corrected chi connectivity index (χ4v) is 2.38. The number of benzene rings is 1. The van der Waals surface area contributed by atoms with Crippen molar-refractivity contribution in [1.82, 2.24) is 0 Å². The molecule has 0 fully saturated rings. The van der Waals surface area contributed by atoms with Gasteiger partial charge in [0, 0.05) is 0 Å². The molecule has 0 saturated heterocycles. The molecule has 0 amide bonds. The molecule has 0 aliphatic heterocycles. The van der Waals surface area contributed by atoms with Crippen LogP contribution in [-0.2, 0) is 14.3 Å². The molecule has 0 radical (unpaired) electrons. The van der Waals surface area contributed by atoms with Gasteiger partial charge in [0.2, 0.25) is 0 Å².